The molecule has 0 aromatic heterocycles. The van der Waals surface area contributed by atoms with Gasteiger partial charge in [-0.15, -0.1) is 0 Å². The van der Waals surface area contributed by atoms with Crippen molar-refractivity contribution in [2.75, 3.05) is 20.8 Å². The lowest BCUT2D eigenvalue weighted by atomic mass is 9.94. The van der Waals surface area contributed by atoms with E-state index in [9.17, 15) is 19.2 Å². The number of nitrogens with one attached hydrogen (secondary N) is 1. The molecule has 3 aromatic carbocycles. The summed E-state index contributed by atoms with van der Waals surface area (Å²) in [6, 6.07) is 13.4. The van der Waals surface area contributed by atoms with Crippen molar-refractivity contribution in [1.82, 2.24) is 5.32 Å². The second-order valence-corrected chi connectivity index (χ2v) is 11.1. The van der Waals surface area contributed by atoms with E-state index in [1.54, 1.807) is 37.3 Å². The van der Waals surface area contributed by atoms with E-state index in [2.05, 4.69) is 5.32 Å². The number of imide groups is 1. The van der Waals surface area contributed by atoms with Crippen LogP contribution in [0.4, 0.5) is 4.79 Å². The van der Waals surface area contributed by atoms with Crippen molar-refractivity contribution in [2.24, 2.45) is 0 Å². The molecule has 3 aromatic rings. The molecule has 2 amide bonds. The highest BCUT2D eigenvalue weighted by molar-refractivity contribution is 8.15. The van der Waals surface area contributed by atoms with Crippen LogP contribution in [0.25, 0.3) is 0 Å². The average molecular weight is 612 g/mol. The molecule has 2 aliphatic rings. The molecule has 218 valence electrons. The van der Waals surface area contributed by atoms with E-state index in [1.165, 1.54) is 20.3 Å². The number of Topliss-reactive ketones (excluding diaryl/α,β-unsaturated/α-hetero) is 1. The molecule has 2 aliphatic heterocycles. The molecular formula is C30H26ClNO9S. The normalized spacial score (nSPS) is 17.7. The van der Waals surface area contributed by atoms with Gasteiger partial charge in [-0.2, -0.15) is 0 Å². The molecule has 0 aliphatic carbocycles. The number of amides is 2. The number of rotatable bonds is 9. The maximum Gasteiger partial charge on any atom is 0.343 e. The van der Waals surface area contributed by atoms with Gasteiger partial charge in [0, 0.05) is 10.6 Å². The van der Waals surface area contributed by atoms with Gasteiger partial charge in [0.2, 0.25) is 17.4 Å². The molecule has 2 unspecified atom stereocenters. The second-order valence-electron chi connectivity index (χ2n) is 9.53. The molecule has 12 heteroatoms. The van der Waals surface area contributed by atoms with E-state index in [0.717, 1.165) is 17.3 Å². The Balaban J connectivity index is 1.31. The summed E-state index contributed by atoms with van der Waals surface area (Å²) in [5.74, 6) is -0.227. The van der Waals surface area contributed by atoms with Crippen LogP contribution in [-0.4, -0.2) is 55.1 Å². The molecule has 10 nitrogen and oxygen atoms in total. The third-order valence-corrected chi connectivity index (χ3v) is 7.96. The molecule has 1 N–H and O–H groups in total. The van der Waals surface area contributed by atoms with Crippen LogP contribution in [-0.2, 0) is 11.2 Å². The number of hydrogen-bond donors (Lipinski definition) is 1. The number of halogens is 1. The number of esters is 1. The van der Waals surface area contributed by atoms with Crippen LogP contribution in [0.2, 0.25) is 5.02 Å². The fraction of sp³-hybridized carbons (Fsp3) is 0.267. The first kappa shape index (κ1) is 29.3. The summed E-state index contributed by atoms with van der Waals surface area (Å²) in [6.07, 6.45) is -0.200. The monoisotopic (exact) mass is 611 g/mol. The standard InChI is InChI=1S/C30H26ClNO9S/c1-15-23-21(33)13-20(14-39-19-9-7-16(8-10-19)11-22-28(34)32-30(36)42-22)40-25(23)27(38-3)26(37-2)24(15)41-29(35)17-5-4-6-18(31)12-17/h4-10,12,20,22H,11,13-14H2,1-3H3,(H,32,34,36). The van der Waals surface area contributed by atoms with Crippen LogP contribution in [0.3, 0.4) is 0 Å². The van der Waals surface area contributed by atoms with Crippen molar-refractivity contribution >= 4 is 46.3 Å². The third kappa shape index (κ3) is 6.02. The smallest absolute Gasteiger partial charge is 0.343 e. The molecule has 0 saturated carbocycles. The summed E-state index contributed by atoms with van der Waals surface area (Å²) >= 11 is 7.00. The summed E-state index contributed by atoms with van der Waals surface area (Å²) in [5.41, 5.74) is 1.71. The van der Waals surface area contributed by atoms with Crippen molar-refractivity contribution in [1.29, 1.82) is 0 Å². The summed E-state index contributed by atoms with van der Waals surface area (Å²) in [4.78, 5) is 49.5. The lowest BCUT2D eigenvalue weighted by Crippen LogP contribution is -2.33. The van der Waals surface area contributed by atoms with Gasteiger partial charge < -0.3 is 23.7 Å². The van der Waals surface area contributed by atoms with Crippen molar-refractivity contribution < 1.29 is 42.9 Å². The van der Waals surface area contributed by atoms with Gasteiger partial charge in [-0.1, -0.05) is 41.6 Å². The van der Waals surface area contributed by atoms with E-state index in [0.29, 0.717) is 22.8 Å². The minimum atomic E-state index is -0.680. The highest BCUT2D eigenvalue weighted by Gasteiger charge is 2.37. The highest BCUT2D eigenvalue weighted by atomic mass is 35.5. The zero-order valence-electron chi connectivity index (χ0n) is 22.9. The molecular weight excluding hydrogens is 586 g/mol. The Bertz CT molecular complexity index is 1570. The van der Waals surface area contributed by atoms with Crippen LogP contribution >= 0.6 is 23.4 Å². The summed E-state index contributed by atoms with van der Waals surface area (Å²) < 4.78 is 28.9. The first-order valence-corrected chi connectivity index (χ1v) is 14.1. The quantitative estimate of drug-likeness (QED) is 0.255. The zero-order valence-corrected chi connectivity index (χ0v) is 24.4. The summed E-state index contributed by atoms with van der Waals surface area (Å²) in [7, 11) is 2.79. The van der Waals surface area contributed by atoms with Gasteiger partial charge in [-0.05, 0) is 49.2 Å². The minimum Gasteiger partial charge on any atom is -0.490 e. The number of carbonyl (C=O) groups is 4. The van der Waals surface area contributed by atoms with E-state index >= 15 is 0 Å². The zero-order chi connectivity index (χ0) is 30.0. The molecule has 0 spiro atoms. The predicted octanol–water partition coefficient (Wildman–Crippen LogP) is 5.19. The average Bonchev–Trinajstić information content (AvgIpc) is 3.29. The maximum atomic E-state index is 13.4. The Morgan fingerprint density at radius 2 is 1.79 bits per heavy atom. The Labute approximate surface area is 250 Å². The first-order chi connectivity index (χ1) is 20.2. The number of fused-ring (bicyclic) bond motifs is 1. The lowest BCUT2D eigenvalue weighted by Gasteiger charge is -2.29. The Morgan fingerprint density at radius 3 is 2.43 bits per heavy atom. The second kappa shape index (κ2) is 12.3. The molecule has 2 heterocycles. The fourth-order valence-electron chi connectivity index (χ4n) is 4.75. The number of ketones is 1. The molecule has 42 heavy (non-hydrogen) atoms. The molecule has 1 fully saturated rings. The maximum absolute atomic E-state index is 13.4. The van der Waals surface area contributed by atoms with Crippen molar-refractivity contribution in [3.63, 3.8) is 0 Å². The summed E-state index contributed by atoms with van der Waals surface area (Å²) in [5, 5.41) is 1.86. The van der Waals surface area contributed by atoms with Gasteiger partial charge in [0.05, 0.1) is 37.0 Å². The fourth-order valence-corrected chi connectivity index (χ4v) is 5.80. The number of thioether (sulfide) groups is 1. The van der Waals surface area contributed by atoms with E-state index in [1.807, 2.05) is 12.1 Å². The Hall–Kier alpha value is -4.22. The van der Waals surface area contributed by atoms with Gasteiger partial charge in [-0.25, -0.2) is 4.79 Å². The van der Waals surface area contributed by atoms with Crippen LogP contribution in [0.5, 0.6) is 28.7 Å². The van der Waals surface area contributed by atoms with Gasteiger partial charge in [0.15, 0.2) is 17.3 Å². The molecule has 0 bridgehead atoms. The van der Waals surface area contributed by atoms with Crippen molar-refractivity contribution in [3.8, 4) is 28.7 Å². The van der Waals surface area contributed by atoms with Crippen LogP contribution in [0, 0.1) is 6.92 Å². The van der Waals surface area contributed by atoms with E-state index < -0.39 is 17.3 Å². The SMILES string of the molecule is COc1c(OC(=O)c2cccc(Cl)c2)c(C)c2c(c1OC)OC(COc1ccc(CC3SC(=O)NC3=O)cc1)CC2=O. The molecule has 0 radical (unpaired) electrons. The van der Waals surface area contributed by atoms with Gasteiger partial charge in [-0.3, -0.25) is 19.7 Å². The Morgan fingerprint density at radius 1 is 1.05 bits per heavy atom. The number of benzene rings is 3. The van der Waals surface area contributed by atoms with Crippen LogP contribution in [0.1, 0.15) is 38.3 Å². The predicted molar refractivity (Wildman–Crippen MR) is 155 cm³/mol. The Kier molecular flexibility index (Phi) is 8.60. The largest absolute Gasteiger partial charge is 0.490 e. The third-order valence-electron chi connectivity index (χ3n) is 6.75. The van der Waals surface area contributed by atoms with Crippen LogP contribution in [0.15, 0.2) is 48.5 Å². The van der Waals surface area contributed by atoms with E-state index in [-0.39, 0.29) is 64.1 Å². The first-order valence-electron chi connectivity index (χ1n) is 12.9. The topological polar surface area (TPSA) is 126 Å². The number of methoxy groups -OCH3 is 2. The van der Waals surface area contributed by atoms with Crippen molar-refractivity contribution in [2.45, 2.75) is 31.1 Å². The summed E-state index contributed by atoms with van der Waals surface area (Å²) in [6.45, 7) is 1.71. The number of ether oxygens (including phenoxy) is 5. The molecule has 5 rings (SSSR count). The van der Waals surface area contributed by atoms with E-state index in [4.69, 9.17) is 35.3 Å². The minimum absolute atomic E-state index is 0.0190. The van der Waals surface area contributed by atoms with Crippen molar-refractivity contribution in [3.05, 3.63) is 75.8 Å². The molecule has 1 saturated heterocycles. The lowest BCUT2D eigenvalue weighted by molar-refractivity contribution is -0.118. The molecule has 2 atom stereocenters. The number of carbonyl (C=O) groups excluding carboxylic acids is 4. The van der Waals surface area contributed by atoms with Gasteiger partial charge in [0.1, 0.15) is 18.5 Å². The van der Waals surface area contributed by atoms with Crippen LogP contribution < -0.4 is 29.0 Å². The number of hydrogen-bond acceptors (Lipinski definition) is 10. The van der Waals surface area contributed by atoms with Gasteiger partial charge in [0.25, 0.3) is 5.24 Å². The highest BCUT2D eigenvalue weighted by Crippen LogP contribution is 2.51. The van der Waals surface area contributed by atoms with Gasteiger partial charge >= 0.3 is 5.97 Å².